The van der Waals surface area contributed by atoms with Crippen LogP contribution in [0.15, 0.2) is 0 Å². The van der Waals surface area contributed by atoms with Crippen molar-refractivity contribution in [1.82, 2.24) is 0 Å². The summed E-state index contributed by atoms with van der Waals surface area (Å²) in [4.78, 5) is 0. The molecule has 2 aliphatic heterocycles. The average molecular weight is 186 g/mol. The van der Waals surface area contributed by atoms with E-state index in [0.29, 0.717) is 19.8 Å². The van der Waals surface area contributed by atoms with Crippen LogP contribution in [0.2, 0.25) is 0 Å². The van der Waals surface area contributed by atoms with Crippen LogP contribution in [0.5, 0.6) is 0 Å². The van der Waals surface area contributed by atoms with Crippen LogP contribution in [0, 0.1) is 5.92 Å². The van der Waals surface area contributed by atoms with Crippen LogP contribution < -0.4 is 0 Å². The molecule has 1 saturated carbocycles. The molecule has 0 aromatic heterocycles. The van der Waals surface area contributed by atoms with E-state index in [0.717, 1.165) is 12.8 Å². The van der Waals surface area contributed by atoms with Gasteiger partial charge in [-0.15, -0.1) is 0 Å². The molecule has 0 bridgehead atoms. The van der Waals surface area contributed by atoms with Crippen LogP contribution in [0.4, 0.5) is 0 Å². The van der Waals surface area contributed by atoms with E-state index in [-0.39, 0.29) is 18.1 Å². The maximum atomic E-state index is 9.49. The van der Waals surface area contributed by atoms with E-state index < -0.39 is 5.79 Å². The topological polar surface area (TPSA) is 47.9 Å². The molecule has 3 rings (SSSR count). The number of rotatable bonds is 0. The summed E-state index contributed by atoms with van der Waals surface area (Å²) in [6, 6.07) is 0. The average Bonchev–Trinajstić information content (AvgIpc) is 2.73. The molecule has 3 aliphatic rings. The quantitative estimate of drug-likeness (QED) is 0.574. The predicted molar refractivity (Wildman–Crippen MR) is 43.1 cm³/mol. The molecule has 0 radical (unpaired) electrons. The molecule has 3 atom stereocenters. The molecule has 0 amide bonds. The Morgan fingerprint density at radius 1 is 1.15 bits per heavy atom. The fourth-order valence-corrected chi connectivity index (χ4v) is 2.72. The van der Waals surface area contributed by atoms with Crippen molar-refractivity contribution >= 4 is 0 Å². The Morgan fingerprint density at radius 3 is 2.69 bits per heavy atom. The molecular weight excluding hydrogens is 172 g/mol. The van der Waals surface area contributed by atoms with Gasteiger partial charge < -0.3 is 19.3 Å². The molecule has 4 nitrogen and oxygen atoms in total. The Bertz CT molecular complexity index is 212. The standard InChI is InChI=1S/C9H14O4/c10-6-3-7-8(4-6)11-5-9(7)12-1-2-13-9/h6-8,10H,1-5H2/t6-,7+,8-/m1/s1. The lowest BCUT2D eigenvalue weighted by Gasteiger charge is -2.26. The molecule has 0 aromatic rings. The summed E-state index contributed by atoms with van der Waals surface area (Å²) in [5.41, 5.74) is 0. The summed E-state index contributed by atoms with van der Waals surface area (Å²) < 4.78 is 16.8. The van der Waals surface area contributed by atoms with Crippen molar-refractivity contribution < 1.29 is 19.3 Å². The van der Waals surface area contributed by atoms with Crippen LogP contribution in [-0.2, 0) is 14.2 Å². The molecular formula is C9H14O4. The molecule has 2 heterocycles. The zero-order valence-electron chi connectivity index (χ0n) is 7.44. The van der Waals surface area contributed by atoms with E-state index in [4.69, 9.17) is 14.2 Å². The first-order valence-corrected chi connectivity index (χ1v) is 4.88. The van der Waals surface area contributed by atoms with Crippen LogP contribution in [-0.4, -0.2) is 42.9 Å². The van der Waals surface area contributed by atoms with Crippen molar-refractivity contribution in [2.24, 2.45) is 5.92 Å². The van der Waals surface area contributed by atoms with Crippen molar-refractivity contribution in [1.29, 1.82) is 0 Å². The maximum Gasteiger partial charge on any atom is 0.197 e. The van der Waals surface area contributed by atoms with E-state index in [2.05, 4.69) is 0 Å². The number of ether oxygens (including phenoxy) is 3. The Kier molecular flexibility index (Phi) is 1.68. The third-order valence-electron chi connectivity index (χ3n) is 3.32. The van der Waals surface area contributed by atoms with Gasteiger partial charge in [-0.1, -0.05) is 0 Å². The van der Waals surface area contributed by atoms with Gasteiger partial charge in [-0.2, -0.15) is 0 Å². The molecule has 1 N–H and O–H groups in total. The van der Waals surface area contributed by atoms with Crippen molar-refractivity contribution in [2.45, 2.75) is 30.8 Å². The molecule has 1 aliphatic carbocycles. The van der Waals surface area contributed by atoms with Crippen LogP contribution >= 0.6 is 0 Å². The van der Waals surface area contributed by atoms with Gasteiger partial charge in [0.05, 0.1) is 25.4 Å². The molecule has 2 saturated heterocycles. The van der Waals surface area contributed by atoms with E-state index in [1.165, 1.54) is 0 Å². The van der Waals surface area contributed by atoms with Gasteiger partial charge in [0.15, 0.2) is 5.79 Å². The van der Waals surface area contributed by atoms with Crippen molar-refractivity contribution in [3.63, 3.8) is 0 Å². The van der Waals surface area contributed by atoms with Crippen molar-refractivity contribution in [2.75, 3.05) is 19.8 Å². The molecule has 13 heavy (non-hydrogen) atoms. The smallest absolute Gasteiger partial charge is 0.197 e. The Hall–Kier alpha value is -0.160. The molecule has 74 valence electrons. The molecule has 3 fully saturated rings. The highest BCUT2D eigenvalue weighted by atomic mass is 16.8. The van der Waals surface area contributed by atoms with E-state index >= 15 is 0 Å². The fourth-order valence-electron chi connectivity index (χ4n) is 2.72. The maximum absolute atomic E-state index is 9.49. The van der Waals surface area contributed by atoms with Gasteiger partial charge >= 0.3 is 0 Å². The number of hydrogen-bond acceptors (Lipinski definition) is 4. The SMILES string of the molecule is O[C@H]1C[C@H]2OCC3(OCCO3)[C@H]2C1. The van der Waals surface area contributed by atoms with Gasteiger partial charge in [-0.25, -0.2) is 0 Å². The summed E-state index contributed by atoms with van der Waals surface area (Å²) in [6.45, 7) is 1.85. The molecule has 1 spiro atoms. The summed E-state index contributed by atoms with van der Waals surface area (Å²) >= 11 is 0. The lowest BCUT2D eigenvalue weighted by molar-refractivity contribution is -0.181. The van der Waals surface area contributed by atoms with Crippen LogP contribution in [0.25, 0.3) is 0 Å². The number of aliphatic hydroxyl groups is 1. The number of fused-ring (bicyclic) bond motifs is 2. The molecule has 0 aromatic carbocycles. The number of hydrogen-bond donors (Lipinski definition) is 1. The van der Waals surface area contributed by atoms with Gasteiger partial charge in [0.2, 0.25) is 0 Å². The summed E-state index contributed by atoms with van der Waals surface area (Å²) in [5.74, 6) is -0.271. The Labute approximate surface area is 76.8 Å². The van der Waals surface area contributed by atoms with Gasteiger partial charge in [-0.3, -0.25) is 0 Å². The zero-order valence-corrected chi connectivity index (χ0v) is 7.44. The van der Waals surface area contributed by atoms with E-state index in [1.807, 2.05) is 0 Å². The first kappa shape index (κ1) is 8.17. The highest BCUT2D eigenvalue weighted by Crippen LogP contribution is 2.46. The summed E-state index contributed by atoms with van der Waals surface area (Å²) in [7, 11) is 0. The second kappa shape index (κ2) is 2.67. The minimum atomic E-state index is -0.512. The lowest BCUT2D eigenvalue weighted by Crippen LogP contribution is -2.38. The first-order valence-electron chi connectivity index (χ1n) is 4.88. The normalized spacial score (nSPS) is 47.3. The minimum absolute atomic E-state index is 0.146. The summed E-state index contributed by atoms with van der Waals surface area (Å²) in [5, 5.41) is 9.49. The van der Waals surface area contributed by atoms with Crippen LogP contribution in [0.3, 0.4) is 0 Å². The second-order valence-corrected chi connectivity index (χ2v) is 4.09. The zero-order chi connectivity index (χ0) is 8.89. The highest BCUT2D eigenvalue weighted by Gasteiger charge is 2.57. The third kappa shape index (κ3) is 1.06. The Balaban J connectivity index is 1.84. The van der Waals surface area contributed by atoms with Gasteiger partial charge in [0.1, 0.15) is 6.61 Å². The first-order chi connectivity index (χ1) is 6.30. The number of aliphatic hydroxyl groups excluding tert-OH is 1. The van der Waals surface area contributed by atoms with Crippen molar-refractivity contribution in [3.8, 4) is 0 Å². The lowest BCUT2D eigenvalue weighted by atomic mass is 9.98. The Morgan fingerprint density at radius 2 is 1.92 bits per heavy atom. The van der Waals surface area contributed by atoms with E-state index in [1.54, 1.807) is 0 Å². The fraction of sp³-hybridized carbons (Fsp3) is 1.00. The minimum Gasteiger partial charge on any atom is -0.393 e. The summed E-state index contributed by atoms with van der Waals surface area (Å²) in [6.07, 6.45) is 1.40. The van der Waals surface area contributed by atoms with Crippen LogP contribution in [0.1, 0.15) is 12.8 Å². The molecule has 0 unspecified atom stereocenters. The second-order valence-electron chi connectivity index (χ2n) is 4.09. The van der Waals surface area contributed by atoms with Gasteiger partial charge in [0, 0.05) is 5.92 Å². The monoisotopic (exact) mass is 186 g/mol. The third-order valence-corrected chi connectivity index (χ3v) is 3.32. The van der Waals surface area contributed by atoms with Gasteiger partial charge in [-0.05, 0) is 12.8 Å². The van der Waals surface area contributed by atoms with Crippen molar-refractivity contribution in [3.05, 3.63) is 0 Å². The largest absolute Gasteiger partial charge is 0.393 e. The predicted octanol–water partition coefficient (Wildman–Crippen LogP) is -0.101. The highest BCUT2D eigenvalue weighted by molar-refractivity contribution is 4.99. The van der Waals surface area contributed by atoms with E-state index in [9.17, 15) is 5.11 Å². The molecule has 4 heteroatoms. The van der Waals surface area contributed by atoms with Gasteiger partial charge in [0.25, 0.3) is 0 Å².